The highest BCUT2D eigenvalue weighted by molar-refractivity contribution is 7.15. The Kier molecular flexibility index (Phi) is 3.54. The molecule has 8 nitrogen and oxygen atoms in total. The predicted octanol–water partition coefficient (Wildman–Crippen LogP) is 0.385. The third-order valence-electron chi connectivity index (χ3n) is 4.37. The van der Waals surface area contributed by atoms with Crippen molar-refractivity contribution in [2.24, 2.45) is 0 Å². The monoisotopic (exact) mass is 347 g/mol. The van der Waals surface area contributed by atoms with Gasteiger partial charge >= 0.3 is 0 Å². The summed E-state index contributed by atoms with van der Waals surface area (Å²) < 4.78 is 3.22. The molecule has 0 unspecified atom stereocenters. The number of carbonyl (C=O) groups is 1. The van der Waals surface area contributed by atoms with Crippen LogP contribution < -0.4 is 5.56 Å². The van der Waals surface area contributed by atoms with E-state index < -0.39 is 0 Å². The summed E-state index contributed by atoms with van der Waals surface area (Å²) in [7, 11) is 0. The second-order valence-corrected chi connectivity index (χ2v) is 6.70. The van der Waals surface area contributed by atoms with Gasteiger partial charge < -0.3 is 10.0 Å². The second kappa shape index (κ2) is 5.60. The van der Waals surface area contributed by atoms with E-state index in [4.69, 9.17) is 5.11 Å². The Bertz CT molecular complexity index is 979. The molecule has 0 atom stereocenters. The van der Waals surface area contributed by atoms with Gasteiger partial charge in [0.1, 0.15) is 5.69 Å². The van der Waals surface area contributed by atoms with Gasteiger partial charge in [-0.1, -0.05) is 0 Å². The number of H-pyrrole nitrogens is 1. The van der Waals surface area contributed by atoms with Gasteiger partial charge in [0.2, 0.25) is 0 Å². The SMILES string of the molecule is Cc1nc2sccn2c1C(=O)N1CCc2c([nH]n(CCO)c2=O)C1. The van der Waals surface area contributed by atoms with Crippen molar-refractivity contribution in [3.8, 4) is 0 Å². The van der Waals surface area contributed by atoms with E-state index in [-0.39, 0.29) is 24.6 Å². The van der Waals surface area contributed by atoms with Gasteiger partial charge in [-0.25, -0.2) is 4.98 Å². The maximum absolute atomic E-state index is 13.0. The normalized spacial score (nSPS) is 14.3. The third kappa shape index (κ3) is 2.20. The van der Waals surface area contributed by atoms with E-state index in [1.54, 1.807) is 4.90 Å². The quantitative estimate of drug-likeness (QED) is 0.716. The zero-order valence-electron chi connectivity index (χ0n) is 13.2. The molecule has 0 radical (unpaired) electrons. The molecule has 24 heavy (non-hydrogen) atoms. The first kappa shape index (κ1) is 15.2. The summed E-state index contributed by atoms with van der Waals surface area (Å²) in [6, 6.07) is 0. The van der Waals surface area contributed by atoms with Crippen LogP contribution in [0.5, 0.6) is 0 Å². The molecule has 1 aliphatic rings. The van der Waals surface area contributed by atoms with Gasteiger partial charge in [-0.15, -0.1) is 11.3 Å². The van der Waals surface area contributed by atoms with Gasteiger partial charge in [0.05, 0.1) is 31.1 Å². The van der Waals surface area contributed by atoms with E-state index in [1.165, 1.54) is 16.0 Å². The largest absolute Gasteiger partial charge is 0.394 e. The summed E-state index contributed by atoms with van der Waals surface area (Å²) in [5, 5.41) is 13.9. The molecule has 9 heteroatoms. The van der Waals surface area contributed by atoms with Crippen molar-refractivity contribution in [3.63, 3.8) is 0 Å². The number of hydrogen-bond acceptors (Lipinski definition) is 5. The Labute approximate surface area is 140 Å². The number of imidazole rings is 1. The van der Waals surface area contributed by atoms with Crippen LogP contribution in [0.15, 0.2) is 16.4 Å². The molecule has 1 aliphatic heterocycles. The number of aliphatic hydroxyl groups excluding tert-OH is 1. The number of thiazole rings is 1. The lowest BCUT2D eigenvalue weighted by molar-refractivity contribution is 0.0724. The molecule has 1 amide bonds. The van der Waals surface area contributed by atoms with E-state index in [9.17, 15) is 9.59 Å². The Morgan fingerprint density at radius 1 is 1.50 bits per heavy atom. The lowest BCUT2D eigenvalue weighted by atomic mass is 10.1. The van der Waals surface area contributed by atoms with Crippen molar-refractivity contribution in [3.05, 3.63) is 44.6 Å². The van der Waals surface area contributed by atoms with E-state index in [1.807, 2.05) is 22.9 Å². The summed E-state index contributed by atoms with van der Waals surface area (Å²) in [6.07, 6.45) is 2.36. The molecule has 0 bridgehead atoms. The number of carbonyl (C=O) groups excluding carboxylic acids is 1. The van der Waals surface area contributed by atoms with Crippen LogP contribution in [-0.2, 0) is 19.5 Å². The highest BCUT2D eigenvalue weighted by Crippen LogP contribution is 2.21. The van der Waals surface area contributed by atoms with Gasteiger partial charge in [-0.3, -0.25) is 23.8 Å². The van der Waals surface area contributed by atoms with Crippen LogP contribution in [0.25, 0.3) is 4.96 Å². The Morgan fingerprint density at radius 3 is 3.12 bits per heavy atom. The topological polar surface area (TPSA) is 95.6 Å². The number of rotatable bonds is 3. The van der Waals surface area contributed by atoms with Crippen molar-refractivity contribution in [2.45, 2.75) is 26.4 Å². The first-order valence-electron chi connectivity index (χ1n) is 7.73. The van der Waals surface area contributed by atoms with Gasteiger partial charge in [0, 0.05) is 23.7 Å². The molecule has 0 aromatic carbocycles. The van der Waals surface area contributed by atoms with E-state index in [0.717, 1.165) is 10.7 Å². The predicted molar refractivity (Wildman–Crippen MR) is 88.4 cm³/mol. The molecule has 0 saturated carbocycles. The molecule has 4 rings (SSSR count). The lowest BCUT2D eigenvalue weighted by Gasteiger charge is -2.26. The molecule has 2 N–H and O–H groups in total. The van der Waals surface area contributed by atoms with Crippen LogP contribution in [-0.4, -0.2) is 48.2 Å². The van der Waals surface area contributed by atoms with Crippen LogP contribution in [0.4, 0.5) is 0 Å². The standard InChI is InChI=1S/C15H17N5O3S/c1-9-12(19-5-7-24-15(19)16-9)14(23)18-3-2-10-11(8-18)17-20(4-6-21)13(10)22/h5,7,17,21H,2-4,6,8H2,1H3. The fourth-order valence-corrected chi connectivity index (χ4v) is 3.97. The highest BCUT2D eigenvalue weighted by atomic mass is 32.1. The first-order valence-corrected chi connectivity index (χ1v) is 8.61. The minimum Gasteiger partial charge on any atom is -0.394 e. The van der Waals surface area contributed by atoms with E-state index in [0.29, 0.717) is 36.5 Å². The molecule has 3 aromatic rings. The number of aromatic amines is 1. The van der Waals surface area contributed by atoms with Gasteiger partial charge in [-0.2, -0.15) is 0 Å². The molecule has 0 fully saturated rings. The minimum absolute atomic E-state index is 0.0835. The number of nitrogens with one attached hydrogen (secondary N) is 1. The summed E-state index contributed by atoms with van der Waals surface area (Å²) in [6.45, 7) is 2.82. The molecule has 0 saturated heterocycles. The third-order valence-corrected chi connectivity index (χ3v) is 5.12. The number of aromatic nitrogens is 4. The van der Waals surface area contributed by atoms with Crippen molar-refractivity contribution in [2.75, 3.05) is 13.2 Å². The summed E-state index contributed by atoms with van der Waals surface area (Å²) in [5.41, 5.74) is 2.64. The number of fused-ring (bicyclic) bond motifs is 2. The van der Waals surface area contributed by atoms with E-state index in [2.05, 4.69) is 10.1 Å². The zero-order valence-corrected chi connectivity index (χ0v) is 14.0. The van der Waals surface area contributed by atoms with Gasteiger partial charge in [0.25, 0.3) is 11.5 Å². The van der Waals surface area contributed by atoms with Crippen molar-refractivity contribution >= 4 is 22.2 Å². The fourth-order valence-electron chi connectivity index (χ4n) is 3.21. The van der Waals surface area contributed by atoms with Crippen LogP contribution >= 0.6 is 11.3 Å². The van der Waals surface area contributed by atoms with Crippen LogP contribution in [0.3, 0.4) is 0 Å². The Hall–Kier alpha value is -2.39. The fraction of sp³-hybridized carbons (Fsp3) is 0.400. The van der Waals surface area contributed by atoms with Crippen molar-refractivity contribution < 1.29 is 9.90 Å². The van der Waals surface area contributed by atoms with Crippen molar-refractivity contribution in [1.29, 1.82) is 0 Å². The van der Waals surface area contributed by atoms with E-state index >= 15 is 0 Å². The number of aliphatic hydroxyl groups is 1. The molecule has 0 aliphatic carbocycles. The molecule has 4 heterocycles. The van der Waals surface area contributed by atoms with Crippen LogP contribution in [0.1, 0.15) is 27.4 Å². The maximum Gasteiger partial charge on any atom is 0.273 e. The number of aryl methyl sites for hydroxylation is 1. The first-order chi connectivity index (χ1) is 11.6. The lowest BCUT2D eigenvalue weighted by Crippen LogP contribution is -2.37. The highest BCUT2D eigenvalue weighted by Gasteiger charge is 2.29. The second-order valence-electron chi connectivity index (χ2n) is 5.83. The number of amides is 1. The minimum atomic E-state index is -0.105. The molecular weight excluding hydrogens is 330 g/mol. The van der Waals surface area contributed by atoms with Crippen LogP contribution in [0.2, 0.25) is 0 Å². The van der Waals surface area contributed by atoms with Gasteiger partial charge in [-0.05, 0) is 13.3 Å². The molecule has 0 spiro atoms. The molecular formula is C15H17N5O3S. The van der Waals surface area contributed by atoms with Gasteiger partial charge in [0.15, 0.2) is 4.96 Å². The average molecular weight is 347 g/mol. The maximum atomic E-state index is 13.0. The Morgan fingerprint density at radius 2 is 2.33 bits per heavy atom. The summed E-state index contributed by atoms with van der Waals surface area (Å²) >= 11 is 1.49. The number of nitrogens with zero attached hydrogens (tertiary/aromatic N) is 4. The smallest absolute Gasteiger partial charge is 0.273 e. The van der Waals surface area contributed by atoms with Crippen LogP contribution in [0, 0.1) is 6.92 Å². The zero-order chi connectivity index (χ0) is 16.8. The molecule has 3 aromatic heterocycles. The average Bonchev–Trinajstić information content (AvgIpc) is 3.21. The van der Waals surface area contributed by atoms with Crippen molar-refractivity contribution in [1.82, 2.24) is 24.1 Å². The summed E-state index contributed by atoms with van der Waals surface area (Å²) in [5.74, 6) is -0.0835. The molecule has 126 valence electrons. The summed E-state index contributed by atoms with van der Waals surface area (Å²) in [4.78, 5) is 32.1. The Balaban J connectivity index is 1.66. The number of hydrogen-bond donors (Lipinski definition) is 2.